The highest BCUT2D eigenvalue weighted by atomic mass is 16.1. The minimum Gasteiger partial charge on any atom is -0.367 e. The molecule has 0 fully saturated rings. The van der Waals surface area contributed by atoms with Gasteiger partial charge in [0, 0.05) is 24.5 Å². The molecule has 0 bridgehead atoms. The van der Waals surface area contributed by atoms with Gasteiger partial charge >= 0.3 is 0 Å². The molecule has 3 heteroatoms. The van der Waals surface area contributed by atoms with Crippen molar-refractivity contribution in [3.05, 3.63) is 59.7 Å². The van der Waals surface area contributed by atoms with Crippen molar-refractivity contribution < 1.29 is 4.79 Å². The second-order valence-electron chi connectivity index (χ2n) is 5.33. The predicted molar refractivity (Wildman–Crippen MR) is 89.7 cm³/mol. The van der Waals surface area contributed by atoms with Crippen molar-refractivity contribution in [3.8, 4) is 11.8 Å². The Morgan fingerprint density at radius 3 is 2.73 bits per heavy atom. The smallest absolute Gasteiger partial charge is 0.300 e. The van der Waals surface area contributed by atoms with Crippen molar-refractivity contribution in [3.63, 3.8) is 0 Å². The summed E-state index contributed by atoms with van der Waals surface area (Å²) in [5.41, 5.74) is 4.76. The summed E-state index contributed by atoms with van der Waals surface area (Å²) < 4.78 is 0. The average molecular weight is 290 g/mol. The molecule has 3 rings (SSSR count). The molecule has 0 saturated carbocycles. The van der Waals surface area contributed by atoms with Crippen molar-refractivity contribution in [1.29, 1.82) is 0 Å². The van der Waals surface area contributed by atoms with Crippen molar-refractivity contribution in [1.82, 2.24) is 0 Å². The van der Waals surface area contributed by atoms with Crippen LogP contribution in [-0.2, 0) is 17.8 Å². The van der Waals surface area contributed by atoms with Gasteiger partial charge in [0.2, 0.25) is 0 Å². The molecule has 1 amide bonds. The number of fused-ring (bicyclic) bond motifs is 1. The third-order valence-corrected chi connectivity index (χ3v) is 3.81. The molecular formula is C19H18N2O. The Bertz CT molecular complexity index is 738. The van der Waals surface area contributed by atoms with Crippen LogP contribution in [0.1, 0.15) is 18.1 Å². The highest BCUT2D eigenvalue weighted by molar-refractivity contribution is 6.03. The summed E-state index contributed by atoms with van der Waals surface area (Å²) in [6.07, 6.45) is 1.11. The van der Waals surface area contributed by atoms with Crippen LogP contribution in [0.5, 0.6) is 0 Å². The number of amides is 1. The molecule has 1 aliphatic rings. The number of rotatable bonds is 3. The van der Waals surface area contributed by atoms with Crippen molar-refractivity contribution in [2.75, 3.05) is 16.8 Å². The fourth-order valence-electron chi connectivity index (χ4n) is 2.76. The third kappa shape index (κ3) is 3.12. The van der Waals surface area contributed by atoms with E-state index in [9.17, 15) is 4.79 Å². The lowest BCUT2D eigenvalue weighted by atomic mass is 10.1. The van der Waals surface area contributed by atoms with Crippen LogP contribution in [-0.4, -0.2) is 12.5 Å². The van der Waals surface area contributed by atoms with Gasteiger partial charge in [0.15, 0.2) is 0 Å². The van der Waals surface area contributed by atoms with Crippen LogP contribution >= 0.6 is 0 Å². The molecule has 1 aliphatic heterocycles. The van der Waals surface area contributed by atoms with E-state index >= 15 is 0 Å². The van der Waals surface area contributed by atoms with Crippen LogP contribution in [0, 0.1) is 11.8 Å². The van der Waals surface area contributed by atoms with Crippen LogP contribution in [0.25, 0.3) is 0 Å². The van der Waals surface area contributed by atoms with E-state index in [-0.39, 0.29) is 5.91 Å². The van der Waals surface area contributed by atoms with Crippen LogP contribution in [0.4, 0.5) is 11.4 Å². The molecule has 0 unspecified atom stereocenters. The SMILES string of the molecule is CC#CC(=O)Nc1ccc(CN2CCc3ccccc32)cc1. The molecule has 22 heavy (non-hydrogen) atoms. The van der Waals surface area contributed by atoms with Gasteiger partial charge < -0.3 is 10.2 Å². The quantitative estimate of drug-likeness (QED) is 0.880. The maximum absolute atomic E-state index is 11.4. The molecule has 0 aliphatic carbocycles. The summed E-state index contributed by atoms with van der Waals surface area (Å²) in [5, 5.41) is 2.75. The molecule has 0 radical (unpaired) electrons. The Labute approximate surface area is 131 Å². The molecule has 1 heterocycles. The van der Waals surface area contributed by atoms with E-state index < -0.39 is 0 Å². The van der Waals surface area contributed by atoms with Crippen LogP contribution in [0.2, 0.25) is 0 Å². The Kier molecular flexibility index (Phi) is 4.11. The third-order valence-electron chi connectivity index (χ3n) is 3.81. The summed E-state index contributed by atoms with van der Waals surface area (Å²) in [6.45, 7) is 3.60. The van der Waals surface area contributed by atoms with Gasteiger partial charge in [0.1, 0.15) is 0 Å². The van der Waals surface area contributed by atoms with E-state index in [4.69, 9.17) is 0 Å². The maximum Gasteiger partial charge on any atom is 0.300 e. The standard InChI is InChI=1S/C19H18N2O/c1-2-5-19(22)20-17-10-8-15(9-11-17)14-21-13-12-16-6-3-4-7-18(16)21/h3-4,6-11H,12-14H2,1H3,(H,20,22). The normalized spacial score (nSPS) is 12.3. The second-order valence-corrected chi connectivity index (χ2v) is 5.33. The molecule has 0 spiro atoms. The number of nitrogens with zero attached hydrogens (tertiary/aromatic N) is 1. The average Bonchev–Trinajstić information content (AvgIpc) is 2.93. The van der Waals surface area contributed by atoms with Gasteiger partial charge in [-0.3, -0.25) is 4.79 Å². The van der Waals surface area contributed by atoms with Gasteiger partial charge in [-0.25, -0.2) is 0 Å². The van der Waals surface area contributed by atoms with Gasteiger partial charge in [-0.2, -0.15) is 0 Å². The highest BCUT2D eigenvalue weighted by Gasteiger charge is 2.17. The molecule has 0 saturated heterocycles. The Balaban J connectivity index is 1.67. The van der Waals surface area contributed by atoms with E-state index in [0.717, 1.165) is 25.2 Å². The largest absolute Gasteiger partial charge is 0.367 e. The zero-order valence-corrected chi connectivity index (χ0v) is 12.6. The van der Waals surface area contributed by atoms with Gasteiger partial charge in [-0.1, -0.05) is 36.3 Å². The molecular weight excluding hydrogens is 272 g/mol. The Morgan fingerprint density at radius 1 is 1.18 bits per heavy atom. The van der Waals surface area contributed by atoms with Crippen LogP contribution in [0.15, 0.2) is 48.5 Å². The summed E-state index contributed by atoms with van der Waals surface area (Å²) in [5.74, 6) is 4.78. The first-order valence-electron chi connectivity index (χ1n) is 7.42. The van der Waals surface area contributed by atoms with E-state index in [1.807, 2.05) is 12.1 Å². The molecule has 2 aromatic rings. The highest BCUT2D eigenvalue weighted by Crippen LogP contribution is 2.28. The van der Waals surface area contributed by atoms with E-state index in [1.54, 1.807) is 6.92 Å². The monoisotopic (exact) mass is 290 g/mol. The summed E-state index contributed by atoms with van der Waals surface area (Å²) >= 11 is 0. The minimum absolute atomic E-state index is 0.274. The zero-order valence-electron chi connectivity index (χ0n) is 12.6. The number of nitrogens with one attached hydrogen (secondary N) is 1. The molecule has 3 nitrogen and oxygen atoms in total. The van der Waals surface area contributed by atoms with E-state index in [1.165, 1.54) is 16.8 Å². The number of para-hydroxylation sites is 1. The zero-order chi connectivity index (χ0) is 15.4. The van der Waals surface area contributed by atoms with Crippen molar-refractivity contribution in [2.24, 2.45) is 0 Å². The number of carbonyl (C=O) groups excluding carboxylic acids is 1. The number of hydrogen-bond donors (Lipinski definition) is 1. The fourth-order valence-corrected chi connectivity index (χ4v) is 2.76. The van der Waals surface area contributed by atoms with Crippen LogP contribution in [0.3, 0.4) is 0 Å². The van der Waals surface area contributed by atoms with Gasteiger partial charge in [-0.05, 0) is 48.6 Å². The van der Waals surface area contributed by atoms with Crippen LogP contribution < -0.4 is 10.2 Å². The molecule has 0 atom stereocenters. The predicted octanol–water partition coefficient (Wildman–Crippen LogP) is 3.21. The Morgan fingerprint density at radius 2 is 1.95 bits per heavy atom. The lowest BCUT2D eigenvalue weighted by Crippen LogP contribution is -2.19. The first kappa shape index (κ1) is 14.2. The molecule has 0 aromatic heterocycles. The van der Waals surface area contributed by atoms with E-state index in [2.05, 4.69) is 58.5 Å². The summed E-state index contributed by atoms with van der Waals surface area (Å²) in [6, 6.07) is 16.5. The van der Waals surface area contributed by atoms with Crippen molar-refractivity contribution >= 4 is 17.3 Å². The van der Waals surface area contributed by atoms with Gasteiger partial charge in [-0.15, -0.1) is 0 Å². The lowest BCUT2D eigenvalue weighted by molar-refractivity contribution is -0.111. The number of benzene rings is 2. The number of hydrogen-bond acceptors (Lipinski definition) is 2. The fraction of sp³-hybridized carbons (Fsp3) is 0.211. The molecule has 2 aromatic carbocycles. The molecule has 110 valence electrons. The Hall–Kier alpha value is -2.73. The topological polar surface area (TPSA) is 32.3 Å². The number of carbonyl (C=O) groups is 1. The van der Waals surface area contributed by atoms with Gasteiger partial charge in [0.05, 0.1) is 0 Å². The van der Waals surface area contributed by atoms with Gasteiger partial charge in [0.25, 0.3) is 5.91 Å². The molecule has 1 N–H and O–H groups in total. The number of anilines is 2. The minimum atomic E-state index is -0.274. The first-order chi connectivity index (χ1) is 10.8. The summed E-state index contributed by atoms with van der Waals surface area (Å²) in [7, 11) is 0. The lowest BCUT2D eigenvalue weighted by Gasteiger charge is -2.19. The van der Waals surface area contributed by atoms with Crippen molar-refractivity contribution in [2.45, 2.75) is 19.9 Å². The second kappa shape index (κ2) is 6.36. The first-order valence-corrected chi connectivity index (χ1v) is 7.42. The van der Waals surface area contributed by atoms with E-state index in [0.29, 0.717) is 0 Å². The summed E-state index contributed by atoms with van der Waals surface area (Å²) in [4.78, 5) is 13.8. The maximum atomic E-state index is 11.4.